The second-order valence-electron chi connectivity index (χ2n) is 4.42. The summed E-state index contributed by atoms with van der Waals surface area (Å²) >= 11 is 0. The van der Waals surface area contributed by atoms with Gasteiger partial charge in [0, 0.05) is 18.8 Å². The zero-order chi connectivity index (χ0) is 14.8. The van der Waals surface area contributed by atoms with Crippen molar-refractivity contribution in [1.29, 1.82) is 0 Å². The van der Waals surface area contributed by atoms with Gasteiger partial charge in [-0.05, 0) is 32.0 Å². The topological polar surface area (TPSA) is 76.3 Å². The quantitative estimate of drug-likeness (QED) is 0.936. The van der Waals surface area contributed by atoms with Gasteiger partial charge in [-0.3, -0.25) is 4.31 Å². The molecule has 0 radical (unpaired) electrons. The highest BCUT2D eigenvalue weighted by Gasteiger charge is 2.23. The standard InChI is InChI=1S/C14H17N3O2S/c1-3-17(12-6-4-11(2)5-7-12)20(18,19)13-8-9-16-14(15)10-13/h4-10H,3H2,1-2H3,(H2,15,16). The number of pyridine rings is 1. The fraction of sp³-hybridized carbons (Fsp3) is 0.214. The van der Waals surface area contributed by atoms with Gasteiger partial charge in [0.05, 0.1) is 10.6 Å². The molecule has 1 heterocycles. The van der Waals surface area contributed by atoms with Crippen molar-refractivity contribution in [1.82, 2.24) is 4.98 Å². The summed E-state index contributed by atoms with van der Waals surface area (Å²) in [4.78, 5) is 3.96. The lowest BCUT2D eigenvalue weighted by Gasteiger charge is -2.23. The third kappa shape index (κ3) is 2.75. The molecule has 0 atom stereocenters. The summed E-state index contributed by atoms with van der Waals surface area (Å²) in [5.41, 5.74) is 7.27. The lowest BCUT2D eigenvalue weighted by Crippen LogP contribution is -2.30. The molecule has 5 nitrogen and oxygen atoms in total. The molecule has 0 fully saturated rings. The Morgan fingerprint density at radius 2 is 1.85 bits per heavy atom. The number of aromatic nitrogens is 1. The van der Waals surface area contributed by atoms with Gasteiger partial charge < -0.3 is 5.73 Å². The summed E-state index contributed by atoms with van der Waals surface area (Å²) in [5.74, 6) is 0.186. The Hall–Kier alpha value is -2.08. The Balaban J connectivity index is 2.47. The Labute approximate surface area is 119 Å². The van der Waals surface area contributed by atoms with Gasteiger partial charge in [0.15, 0.2) is 0 Å². The molecule has 6 heteroatoms. The van der Waals surface area contributed by atoms with Crippen LogP contribution in [0.15, 0.2) is 47.5 Å². The number of anilines is 2. The summed E-state index contributed by atoms with van der Waals surface area (Å²) in [6.07, 6.45) is 1.39. The summed E-state index contributed by atoms with van der Waals surface area (Å²) in [6.45, 7) is 4.09. The molecule has 0 aliphatic heterocycles. The van der Waals surface area contributed by atoms with Gasteiger partial charge in [-0.15, -0.1) is 0 Å². The summed E-state index contributed by atoms with van der Waals surface area (Å²) in [6, 6.07) is 10.2. The van der Waals surface area contributed by atoms with Crippen molar-refractivity contribution in [3.8, 4) is 0 Å². The van der Waals surface area contributed by atoms with Gasteiger partial charge in [-0.1, -0.05) is 17.7 Å². The van der Waals surface area contributed by atoms with Gasteiger partial charge >= 0.3 is 0 Å². The molecule has 0 aliphatic carbocycles. The summed E-state index contributed by atoms with van der Waals surface area (Å²) in [5, 5.41) is 0. The Kier molecular flexibility index (Phi) is 3.94. The number of nitrogens with zero attached hydrogens (tertiary/aromatic N) is 2. The molecule has 0 bridgehead atoms. The number of hydrogen-bond donors (Lipinski definition) is 1. The fourth-order valence-corrected chi connectivity index (χ4v) is 3.41. The van der Waals surface area contributed by atoms with Crippen molar-refractivity contribution in [2.75, 3.05) is 16.6 Å². The Morgan fingerprint density at radius 1 is 1.20 bits per heavy atom. The lowest BCUT2D eigenvalue weighted by atomic mass is 10.2. The first-order valence-electron chi connectivity index (χ1n) is 6.26. The number of sulfonamides is 1. The molecule has 2 aromatic rings. The van der Waals surface area contributed by atoms with Crippen molar-refractivity contribution >= 4 is 21.5 Å². The van der Waals surface area contributed by atoms with E-state index < -0.39 is 10.0 Å². The predicted molar refractivity (Wildman–Crippen MR) is 80.0 cm³/mol. The number of hydrogen-bond acceptors (Lipinski definition) is 4. The summed E-state index contributed by atoms with van der Waals surface area (Å²) < 4.78 is 26.6. The minimum Gasteiger partial charge on any atom is -0.384 e. The first kappa shape index (κ1) is 14.3. The van der Waals surface area contributed by atoms with E-state index in [9.17, 15) is 8.42 Å². The molecule has 0 saturated heterocycles. The van der Waals surface area contributed by atoms with Crippen LogP contribution in [0.1, 0.15) is 12.5 Å². The summed E-state index contributed by atoms with van der Waals surface area (Å²) in [7, 11) is -3.63. The molecule has 0 aliphatic rings. The molecule has 2 N–H and O–H groups in total. The van der Waals surface area contributed by atoms with Crippen molar-refractivity contribution in [2.24, 2.45) is 0 Å². The third-order valence-electron chi connectivity index (χ3n) is 2.95. The van der Waals surface area contributed by atoms with E-state index in [1.807, 2.05) is 19.1 Å². The number of aryl methyl sites for hydroxylation is 1. The van der Waals surface area contributed by atoms with Crippen LogP contribution in [0.25, 0.3) is 0 Å². The highest BCUT2D eigenvalue weighted by molar-refractivity contribution is 7.92. The van der Waals surface area contributed by atoms with Crippen LogP contribution in [-0.4, -0.2) is 19.9 Å². The molecular weight excluding hydrogens is 274 g/mol. The lowest BCUT2D eigenvalue weighted by molar-refractivity contribution is 0.592. The van der Waals surface area contributed by atoms with E-state index in [4.69, 9.17) is 5.73 Å². The maximum atomic E-state index is 12.6. The molecule has 0 unspecified atom stereocenters. The van der Waals surface area contributed by atoms with E-state index in [2.05, 4.69) is 4.98 Å². The molecule has 0 spiro atoms. The van der Waals surface area contributed by atoms with E-state index in [0.717, 1.165) is 5.56 Å². The highest BCUT2D eigenvalue weighted by atomic mass is 32.2. The predicted octanol–water partition coefficient (Wildman–Crippen LogP) is 2.19. The number of nitrogen functional groups attached to an aromatic ring is 1. The molecule has 106 valence electrons. The van der Waals surface area contributed by atoms with Crippen LogP contribution in [0.5, 0.6) is 0 Å². The van der Waals surface area contributed by atoms with Crippen LogP contribution in [0, 0.1) is 6.92 Å². The van der Waals surface area contributed by atoms with Crippen molar-refractivity contribution in [3.63, 3.8) is 0 Å². The molecule has 20 heavy (non-hydrogen) atoms. The van der Waals surface area contributed by atoms with Crippen molar-refractivity contribution in [2.45, 2.75) is 18.7 Å². The monoisotopic (exact) mass is 291 g/mol. The zero-order valence-electron chi connectivity index (χ0n) is 11.4. The van der Waals surface area contributed by atoms with E-state index in [0.29, 0.717) is 12.2 Å². The highest BCUT2D eigenvalue weighted by Crippen LogP contribution is 2.24. The number of rotatable bonds is 4. The number of nitrogens with two attached hydrogens (primary N) is 1. The largest absolute Gasteiger partial charge is 0.384 e. The number of benzene rings is 1. The van der Waals surface area contributed by atoms with E-state index in [1.165, 1.54) is 22.6 Å². The molecule has 2 rings (SSSR count). The zero-order valence-corrected chi connectivity index (χ0v) is 12.3. The fourth-order valence-electron chi connectivity index (χ4n) is 1.92. The van der Waals surface area contributed by atoms with Gasteiger partial charge in [-0.25, -0.2) is 13.4 Å². The molecule has 0 amide bonds. The van der Waals surface area contributed by atoms with Gasteiger partial charge in [0.1, 0.15) is 5.82 Å². The van der Waals surface area contributed by atoms with E-state index in [1.54, 1.807) is 19.1 Å². The van der Waals surface area contributed by atoms with Crippen LogP contribution in [0.3, 0.4) is 0 Å². The van der Waals surface area contributed by atoms with Crippen molar-refractivity contribution < 1.29 is 8.42 Å². The molecular formula is C14H17N3O2S. The second-order valence-corrected chi connectivity index (χ2v) is 6.28. The van der Waals surface area contributed by atoms with Gasteiger partial charge in [0.25, 0.3) is 10.0 Å². The molecule has 0 saturated carbocycles. The first-order valence-corrected chi connectivity index (χ1v) is 7.70. The first-order chi connectivity index (χ1) is 9.45. The SMILES string of the molecule is CCN(c1ccc(C)cc1)S(=O)(=O)c1ccnc(N)c1. The average molecular weight is 291 g/mol. The Bertz CT molecular complexity index is 697. The average Bonchev–Trinajstić information content (AvgIpc) is 2.41. The van der Waals surface area contributed by atoms with Crippen LogP contribution >= 0.6 is 0 Å². The van der Waals surface area contributed by atoms with Crippen LogP contribution in [0.4, 0.5) is 11.5 Å². The smallest absolute Gasteiger partial charge is 0.264 e. The van der Waals surface area contributed by atoms with Crippen LogP contribution < -0.4 is 10.0 Å². The van der Waals surface area contributed by atoms with E-state index >= 15 is 0 Å². The third-order valence-corrected chi connectivity index (χ3v) is 4.85. The minimum absolute atomic E-state index is 0.146. The normalized spacial score (nSPS) is 11.3. The van der Waals surface area contributed by atoms with E-state index in [-0.39, 0.29) is 10.7 Å². The molecule has 1 aromatic carbocycles. The maximum absolute atomic E-state index is 12.6. The Morgan fingerprint density at radius 3 is 2.40 bits per heavy atom. The second kappa shape index (κ2) is 5.50. The minimum atomic E-state index is -3.63. The van der Waals surface area contributed by atoms with Crippen LogP contribution in [-0.2, 0) is 10.0 Å². The maximum Gasteiger partial charge on any atom is 0.264 e. The van der Waals surface area contributed by atoms with Gasteiger partial charge in [-0.2, -0.15) is 0 Å². The van der Waals surface area contributed by atoms with Crippen molar-refractivity contribution in [3.05, 3.63) is 48.2 Å². The van der Waals surface area contributed by atoms with Gasteiger partial charge in [0.2, 0.25) is 0 Å². The van der Waals surface area contributed by atoms with Crippen LogP contribution in [0.2, 0.25) is 0 Å². The molecule has 1 aromatic heterocycles.